The lowest BCUT2D eigenvalue weighted by Crippen LogP contribution is -2.67. The van der Waals surface area contributed by atoms with Crippen molar-refractivity contribution in [2.45, 2.75) is 52.6 Å². The van der Waals surface area contributed by atoms with Crippen molar-refractivity contribution in [3.8, 4) is 5.88 Å². The van der Waals surface area contributed by atoms with Crippen molar-refractivity contribution < 1.29 is 36.6 Å². The highest BCUT2D eigenvalue weighted by Gasteiger charge is 2.56. The molecule has 0 saturated carbocycles. The van der Waals surface area contributed by atoms with Crippen LogP contribution >= 0.6 is 0 Å². The lowest BCUT2D eigenvalue weighted by atomic mass is 9.71. The Morgan fingerprint density at radius 1 is 1.19 bits per heavy atom. The standard InChI is InChI=1S/C25H31F2N3O6S/c1-15(2)17-8-6-7-9-18(17)25(12-30(13-25)37(34,35)14-24(4,5)22(32)33)21(31)29-19-11-10-16(3)28-20(19)36-23(26)27/h6-11,15,23H,12-14H2,1-5H3,(H,29,31)(H,32,33). The molecule has 1 amide bonds. The Hall–Kier alpha value is -3.12. The maximum atomic E-state index is 13.8. The number of carbonyl (C=O) groups is 2. The second-order valence-corrected chi connectivity index (χ2v) is 12.1. The summed E-state index contributed by atoms with van der Waals surface area (Å²) in [6, 6.07) is 10.0. The van der Waals surface area contributed by atoms with Crippen LogP contribution < -0.4 is 10.1 Å². The number of hydrogen-bond acceptors (Lipinski definition) is 6. The highest BCUT2D eigenvalue weighted by atomic mass is 32.2. The number of amides is 1. The van der Waals surface area contributed by atoms with Gasteiger partial charge in [0.05, 0.1) is 11.2 Å². The second kappa shape index (κ2) is 10.3. The Bertz CT molecular complexity index is 1290. The van der Waals surface area contributed by atoms with Crippen molar-refractivity contribution in [2.24, 2.45) is 5.41 Å². The summed E-state index contributed by atoms with van der Waals surface area (Å²) >= 11 is 0. The quantitative estimate of drug-likeness (QED) is 0.471. The molecule has 1 aliphatic rings. The molecule has 0 bridgehead atoms. The van der Waals surface area contributed by atoms with Crippen molar-refractivity contribution in [1.82, 2.24) is 9.29 Å². The molecule has 0 unspecified atom stereocenters. The van der Waals surface area contributed by atoms with Crippen molar-refractivity contribution >= 4 is 27.6 Å². The first kappa shape index (κ1) is 28.5. The predicted molar refractivity (Wildman–Crippen MR) is 133 cm³/mol. The van der Waals surface area contributed by atoms with Crippen molar-refractivity contribution in [1.29, 1.82) is 0 Å². The van der Waals surface area contributed by atoms with Gasteiger partial charge in [0.25, 0.3) is 0 Å². The maximum absolute atomic E-state index is 13.8. The molecule has 9 nitrogen and oxygen atoms in total. The van der Waals surface area contributed by atoms with Gasteiger partial charge in [0.1, 0.15) is 11.1 Å². The molecule has 202 valence electrons. The van der Waals surface area contributed by atoms with Crippen LogP contribution in [-0.4, -0.2) is 60.1 Å². The number of aliphatic carboxylic acids is 1. The zero-order valence-electron chi connectivity index (χ0n) is 21.3. The monoisotopic (exact) mass is 539 g/mol. The Morgan fingerprint density at radius 3 is 2.38 bits per heavy atom. The van der Waals surface area contributed by atoms with E-state index in [0.717, 1.165) is 9.87 Å². The summed E-state index contributed by atoms with van der Waals surface area (Å²) in [7, 11) is -4.04. The minimum Gasteiger partial charge on any atom is -0.481 e. The summed E-state index contributed by atoms with van der Waals surface area (Å²) in [5, 5.41) is 12.0. The SMILES string of the molecule is Cc1ccc(NC(=O)C2(c3ccccc3C(C)C)CN(S(=O)(=O)CC(C)(C)C(=O)O)C2)c(OC(F)F)n1. The van der Waals surface area contributed by atoms with E-state index >= 15 is 0 Å². The van der Waals surface area contributed by atoms with E-state index in [-0.39, 0.29) is 24.7 Å². The molecule has 2 N–H and O–H groups in total. The van der Waals surface area contributed by atoms with Gasteiger partial charge in [-0.15, -0.1) is 0 Å². The van der Waals surface area contributed by atoms with Gasteiger partial charge in [-0.05, 0) is 49.9 Å². The van der Waals surface area contributed by atoms with Gasteiger partial charge in [0.15, 0.2) is 0 Å². The number of carboxylic acid groups (broad SMARTS) is 1. The van der Waals surface area contributed by atoms with Crippen LogP contribution in [0.15, 0.2) is 36.4 Å². The number of sulfonamides is 1. The number of aryl methyl sites for hydroxylation is 1. The maximum Gasteiger partial charge on any atom is 0.388 e. The molecule has 3 rings (SSSR count). The third-order valence-corrected chi connectivity index (χ3v) is 8.52. The lowest BCUT2D eigenvalue weighted by Gasteiger charge is -2.49. The fourth-order valence-corrected chi connectivity index (χ4v) is 6.33. The van der Waals surface area contributed by atoms with Crippen molar-refractivity contribution in [3.05, 3.63) is 53.2 Å². The van der Waals surface area contributed by atoms with Gasteiger partial charge >= 0.3 is 12.6 Å². The molecule has 2 aromatic rings. The average molecular weight is 540 g/mol. The average Bonchev–Trinajstić information content (AvgIpc) is 2.73. The van der Waals surface area contributed by atoms with E-state index in [0.29, 0.717) is 11.3 Å². The molecule has 1 aliphatic heterocycles. The normalized spacial score (nSPS) is 15.9. The minimum absolute atomic E-state index is 0.00348. The second-order valence-electron chi connectivity index (χ2n) is 10.2. The third kappa shape index (κ3) is 5.90. The van der Waals surface area contributed by atoms with Crippen LogP contribution in [0.25, 0.3) is 0 Å². The van der Waals surface area contributed by atoms with E-state index in [4.69, 9.17) is 0 Å². The Morgan fingerprint density at radius 2 is 1.81 bits per heavy atom. The van der Waals surface area contributed by atoms with E-state index in [2.05, 4.69) is 15.0 Å². The van der Waals surface area contributed by atoms with E-state index in [1.54, 1.807) is 19.1 Å². The van der Waals surface area contributed by atoms with Crippen LogP contribution in [0.5, 0.6) is 5.88 Å². The highest BCUT2D eigenvalue weighted by molar-refractivity contribution is 7.89. The summed E-state index contributed by atoms with van der Waals surface area (Å²) < 4.78 is 57.7. The van der Waals surface area contributed by atoms with E-state index in [9.17, 15) is 31.9 Å². The zero-order chi connectivity index (χ0) is 27.8. The Kier molecular flexibility index (Phi) is 7.94. The molecule has 0 spiro atoms. The molecule has 0 radical (unpaired) electrons. The van der Waals surface area contributed by atoms with Crippen molar-refractivity contribution in [3.63, 3.8) is 0 Å². The molecular formula is C25H31F2N3O6S. The molecule has 1 saturated heterocycles. The van der Waals surface area contributed by atoms with Gasteiger partial charge in [-0.2, -0.15) is 13.1 Å². The van der Waals surface area contributed by atoms with Gasteiger partial charge in [-0.25, -0.2) is 13.4 Å². The van der Waals surface area contributed by atoms with Gasteiger partial charge in [0, 0.05) is 18.8 Å². The number of anilines is 1. The largest absolute Gasteiger partial charge is 0.481 e. The Labute approximate surface area is 214 Å². The smallest absolute Gasteiger partial charge is 0.388 e. The van der Waals surface area contributed by atoms with Crippen LogP contribution in [0, 0.1) is 12.3 Å². The summed E-state index contributed by atoms with van der Waals surface area (Å²) in [5.41, 5.74) is -1.14. The van der Waals surface area contributed by atoms with Gasteiger partial charge in [0.2, 0.25) is 21.8 Å². The van der Waals surface area contributed by atoms with Gasteiger partial charge in [-0.3, -0.25) is 9.59 Å². The minimum atomic E-state index is -4.04. The molecule has 12 heteroatoms. The number of nitrogens with zero attached hydrogens (tertiary/aromatic N) is 2. The number of alkyl halides is 2. The molecule has 1 aromatic heterocycles. The fraction of sp³-hybridized carbons (Fsp3) is 0.480. The number of aromatic nitrogens is 1. The number of halogens is 2. The van der Waals surface area contributed by atoms with Crippen molar-refractivity contribution in [2.75, 3.05) is 24.2 Å². The highest BCUT2D eigenvalue weighted by Crippen LogP contribution is 2.42. The number of carboxylic acids is 1. The van der Waals surface area contributed by atoms with E-state index < -0.39 is 51.0 Å². The number of benzene rings is 1. The topological polar surface area (TPSA) is 126 Å². The number of pyridine rings is 1. The van der Waals surface area contributed by atoms with Crippen LogP contribution in [0.1, 0.15) is 50.4 Å². The fourth-order valence-electron chi connectivity index (χ4n) is 4.28. The van der Waals surface area contributed by atoms with Crippen LogP contribution in [0.4, 0.5) is 14.5 Å². The van der Waals surface area contributed by atoms with Crippen LogP contribution in [-0.2, 0) is 25.0 Å². The van der Waals surface area contributed by atoms with Gasteiger partial charge < -0.3 is 15.2 Å². The van der Waals surface area contributed by atoms with E-state index in [1.807, 2.05) is 26.0 Å². The summed E-state index contributed by atoms with van der Waals surface area (Å²) in [6.45, 7) is 4.43. The molecular weight excluding hydrogens is 508 g/mol. The molecule has 1 aromatic carbocycles. The summed E-state index contributed by atoms with van der Waals surface area (Å²) in [6.07, 6.45) is 0. The first-order valence-corrected chi connectivity index (χ1v) is 13.2. The number of ether oxygens (including phenoxy) is 1. The Balaban J connectivity index is 2.01. The van der Waals surface area contributed by atoms with Crippen LogP contribution in [0.2, 0.25) is 0 Å². The molecule has 1 fully saturated rings. The lowest BCUT2D eigenvalue weighted by molar-refractivity contribution is -0.145. The third-order valence-electron chi connectivity index (χ3n) is 6.39. The molecule has 0 atom stereocenters. The summed E-state index contributed by atoms with van der Waals surface area (Å²) in [5.74, 6) is -2.98. The number of carbonyl (C=O) groups excluding carboxylic acids is 1. The molecule has 0 aliphatic carbocycles. The number of rotatable bonds is 10. The van der Waals surface area contributed by atoms with Crippen LogP contribution in [0.3, 0.4) is 0 Å². The predicted octanol–water partition coefficient (Wildman–Crippen LogP) is 3.75. The number of nitrogens with one attached hydrogen (secondary N) is 1. The van der Waals surface area contributed by atoms with E-state index in [1.165, 1.54) is 26.0 Å². The van der Waals surface area contributed by atoms with Gasteiger partial charge in [-0.1, -0.05) is 38.1 Å². The molecule has 2 heterocycles. The number of hydrogen-bond donors (Lipinski definition) is 2. The first-order chi connectivity index (χ1) is 17.1. The molecule has 37 heavy (non-hydrogen) atoms. The summed E-state index contributed by atoms with van der Waals surface area (Å²) in [4.78, 5) is 29.2. The first-order valence-electron chi connectivity index (χ1n) is 11.6. The zero-order valence-corrected chi connectivity index (χ0v) is 22.1.